The van der Waals surface area contributed by atoms with Crippen LogP contribution < -0.4 is 5.32 Å². The number of halogens is 4. The summed E-state index contributed by atoms with van der Waals surface area (Å²) in [6, 6.07) is 5.44. The van der Waals surface area contributed by atoms with Crippen LogP contribution in [0, 0.1) is 0 Å². The summed E-state index contributed by atoms with van der Waals surface area (Å²) in [5.74, 6) is -0.412. The van der Waals surface area contributed by atoms with Gasteiger partial charge in [0.1, 0.15) is 13.2 Å². The van der Waals surface area contributed by atoms with Gasteiger partial charge in [0, 0.05) is 11.0 Å². The largest absolute Gasteiger partial charge is 0.411 e. The number of hydrogen-bond donors (Lipinski definition) is 1. The molecule has 1 N–H and O–H groups in total. The van der Waals surface area contributed by atoms with Crippen LogP contribution >= 0.6 is 15.9 Å². The highest BCUT2D eigenvalue weighted by Gasteiger charge is 2.27. The first-order chi connectivity index (χ1) is 10.3. The molecule has 2 aromatic rings. The zero-order chi connectivity index (χ0) is 16.3. The molecular formula is C13H13BrF3N3O2. The smallest absolute Gasteiger partial charge is 0.362 e. The monoisotopic (exact) mass is 379 g/mol. The van der Waals surface area contributed by atoms with Crippen LogP contribution in [0.25, 0.3) is 11.0 Å². The summed E-state index contributed by atoms with van der Waals surface area (Å²) >= 11 is 3.35. The number of carbonyl (C=O) groups is 1. The maximum Gasteiger partial charge on any atom is 0.411 e. The Bertz CT molecular complexity index is 685. The van der Waals surface area contributed by atoms with Crippen molar-refractivity contribution in [2.45, 2.75) is 19.6 Å². The van der Waals surface area contributed by atoms with E-state index < -0.39 is 25.3 Å². The van der Waals surface area contributed by atoms with Crippen molar-refractivity contribution in [3.8, 4) is 0 Å². The van der Waals surface area contributed by atoms with Gasteiger partial charge in [-0.15, -0.1) is 0 Å². The summed E-state index contributed by atoms with van der Waals surface area (Å²) in [7, 11) is 0. The van der Waals surface area contributed by atoms with Gasteiger partial charge in [0.15, 0.2) is 0 Å². The Balaban J connectivity index is 2.09. The van der Waals surface area contributed by atoms with Gasteiger partial charge in [-0.25, -0.2) is 4.98 Å². The first-order valence-corrected chi connectivity index (χ1v) is 7.19. The number of rotatable bonds is 5. The first kappa shape index (κ1) is 16.8. The number of nitrogens with one attached hydrogen (secondary N) is 1. The molecule has 0 fully saturated rings. The summed E-state index contributed by atoms with van der Waals surface area (Å²) in [6.07, 6.45) is -4.46. The summed E-state index contributed by atoms with van der Waals surface area (Å²) in [4.78, 5) is 15.9. The van der Waals surface area contributed by atoms with Crippen molar-refractivity contribution in [3.63, 3.8) is 0 Å². The van der Waals surface area contributed by atoms with E-state index in [9.17, 15) is 18.0 Å². The Morgan fingerprint density at radius 2 is 2.18 bits per heavy atom. The van der Waals surface area contributed by atoms with Crippen molar-refractivity contribution in [1.29, 1.82) is 0 Å². The van der Waals surface area contributed by atoms with E-state index in [2.05, 4.69) is 31.0 Å². The Morgan fingerprint density at radius 1 is 1.45 bits per heavy atom. The van der Waals surface area contributed by atoms with E-state index in [0.717, 1.165) is 9.99 Å². The molecule has 0 aliphatic heterocycles. The molecule has 0 saturated carbocycles. The van der Waals surface area contributed by atoms with E-state index >= 15 is 0 Å². The van der Waals surface area contributed by atoms with E-state index in [0.29, 0.717) is 12.1 Å². The lowest BCUT2D eigenvalue weighted by Crippen LogP contribution is -2.25. The van der Waals surface area contributed by atoms with Crippen LogP contribution in [-0.4, -0.2) is 34.8 Å². The highest BCUT2D eigenvalue weighted by molar-refractivity contribution is 9.10. The molecule has 1 aromatic carbocycles. The zero-order valence-electron chi connectivity index (χ0n) is 11.6. The summed E-state index contributed by atoms with van der Waals surface area (Å²) < 4.78 is 42.8. The van der Waals surface area contributed by atoms with Crippen molar-refractivity contribution in [2.75, 3.05) is 18.5 Å². The molecule has 0 unspecified atom stereocenters. The van der Waals surface area contributed by atoms with E-state index in [4.69, 9.17) is 0 Å². The predicted molar refractivity (Wildman–Crippen MR) is 78.6 cm³/mol. The normalized spacial score (nSPS) is 11.9. The van der Waals surface area contributed by atoms with Crippen LogP contribution in [0.3, 0.4) is 0 Å². The Labute approximate surface area is 132 Å². The lowest BCUT2D eigenvalue weighted by Gasteiger charge is -2.09. The minimum Gasteiger partial charge on any atom is -0.362 e. The number of imidazole rings is 1. The molecule has 9 heteroatoms. The molecule has 0 atom stereocenters. The standard InChI is InChI=1S/C13H13BrF3N3O2/c1-2-20-10-5-8(14)3-4-9(10)18-12(20)19-11(21)6-22-7-13(15,16)17/h3-5H,2,6-7H2,1H3,(H,18,19,21). The Hall–Kier alpha value is -1.61. The van der Waals surface area contributed by atoms with Gasteiger partial charge in [-0.2, -0.15) is 13.2 Å². The fraction of sp³-hybridized carbons (Fsp3) is 0.385. The molecule has 120 valence electrons. The summed E-state index contributed by atoms with van der Waals surface area (Å²) in [5, 5.41) is 2.46. The van der Waals surface area contributed by atoms with Gasteiger partial charge in [0.2, 0.25) is 5.95 Å². The van der Waals surface area contributed by atoms with Gasteiger partial charge in [0.05, 0.1) is 11.0 Å². The van der Waals surface area contributed by atoms with E-state index in [1.807, 2.05) is 19.1 Å². The number of ether oxygens (including phenoxy) is 1. The molecule has 0 aliphatic carbocycles. The average molecular weight is 380 g/mol. The van der Waals surface area contributed by atoms with Crippen molar-refractivity contribution < 1.29 is 22.7 Å². The topological polar surface area (TPSA) is 56.2 Å². The third kappa shape index (κ3) is 4.20. The quantitative estimate of drug-likeness (QED) is 0.866. The van der Waals surface area contributed by atoms with Crippen molar-refractivity contribution >= 4 is 38.8 Å². The minimum absolute atomic E-state index is 0.274. The molecule has 0 saturated heterocycles. The fourth-order valence-corrected chi connectivity index (χ4v) is 2.28. The number of alkyl halides is 3. The number of amides is 1. The number of benzene rings is 1. The highest BCUT2D eigenvalue weighted by atomic mass is 79.9. The Morgan fingerprint density at radius 3 is 2.82 bits per heavy atom. The number of fused-ring (bicyclic) bond motifs is 1. The van der Waals surface area contributed by atoms with Crippen LogP contribution in [-0.2, 0) is 16.1 Å². The van der Waals surface area contributed by atoms with Gasteiger partial charge in [0.25, 0.3) is 5.91 Å². The van der Waals surface area contributed by atoms with Gasteiger partial charge in [-0.1, -0.05) is 15.9 Å². The molecule has 0 bridgehead atoms. The van der Waals surface area contributed by atoms with Crippen LogP contribution in [0.5, 0.6) is 0 Å². The zero-order valence-corrected chi connectivity index (χ0v) is 13.2. The second kappa shape index (κ2) is 6.66. The minimum atomic E-state index is -4.46. The Kier molecular flexibility index (Phi) is 5.07. The fourth-order valence-electron chi connectivity index (χ4n) is 1.93. The van der Waals surface area contributed by atoms with Crippen LogP contribution in [0.15, 0.2) is 22.7 Å². The van der Waals surface area contributed by atoms with Gasteiger partial charge >= 0.3 is 6.18 Å². The second-order valence-electron chi connectivity index (χ2n) is 4.47. The number of aromatic nitrogens is 2. The van der Waals surface area contributed by atoms with Gasteiger partial charge in [-0.3, -0.25) is 10.1 Å². The van der Waals surface area contributed by atoms with Crippen molar-refractivity contribution in [2.24, 2.45) is 0 Å². The number of aryl methyl sites for hydroxylation is 1. The number of carbonyl (C=O) groups excluding carboxylic acids is 1. The lowest BCUT2D eigenvalue weighted by atomic mass is 10.3. The molecular weight excluding hydrogens is 367 g/mol. The van der Waals surface area contributed by atoms with E-state index in [-0.39, 0.29) is 5.95 Å². The predicted octanol–water partition coefficient (Wildman–Crippen LogP) is 3.34. The molecule has 1 amide bonds. The molecule has 1 heterocycles. The lowest BCUT2D eigenvalue weighted by molar-refractivity contribution is -0.174. The molecule has 0 spiro atoms. The molecule has 2 rings (SSSR count). The summed E-state index contributed by atoms with van der Waals surface area (Å²) in [5.41, 5.74) is 1.49. The molecule has 1 aromatic heterocycles. The second-order valence-corrected chi connectivity index (χ2v) is 5.38. The molecule has 0 aliphatic rings. The highest BCUT2D eigenvalue weighted by Crippen LogP contribution is 2.23. The van der Waals surface area contributed by atoms with Crippen LogP contribution in [0.2, 0.25) is 0 Å². The van der Waals surface area contributed by atoms with Gasteiger partial charge < -0.3 is 9.30 Å². The SMILES string of the molecule is CCn1c(NC(=O)COCC(F)(F)F)nc2ccc(Br)cc21. The maximum absolute atomic E-state index is 12.0. The van der Waals surface area contributed by atoms with E-state index in [1.165, 1.54) is 0 Å². The average Bonchev–Trinajstić information content (AvgIpc) is 2.73. The molecule has 5 nitrogen and oxygen atoms in total. The molecule has 0 radical (unpaired) electrons. The van der Waals surface area contributed by atoms with Gasteiger partial charge in [-0.05, 0) is 25.1 Å². The third-order valence-electron chi connectivity index (χ3n) is 2.78. The van der Waals surface area contributed by atoms with Crippen LogP contribution in [0.1, 0.15) is 6.92 Å². The number of hydrogen-bond acceptors (Lipinski definition) is 3. The number of anilines is 1. The third-order valence-corrected chi connectivity index (χ3v) is 3.27. The maximum atomic E-state index is 12.0. The van der Waals surface area contributed by atoms with Crippen LogP contribution in [0.4, 0.5) is 19.1 Å². The molecule has 22 heavy (non-hydrogen) atoms. The number of nitrogens with zero attached hydrogens (tertiary/aromatic N) is 2. The first-order valence-electron chi connectivity index (χ1n) is 6.40. The van der Waals surface area contributed by atoms with E-state index in [1.54, 1.807) is 10.6 Å². The van der Waals surface area contributed by atoms with Crippen molar-refractivity contribution in [3.05, 3.63) is 22.7 Å². The van der Waals surface area contributed by atoms with Crippen molar-refractivity contribution in [1.82, 2.24) is 9.55 Å². The summed E-state index contributed by atoms with van der Waals surface area (Å²) in [6.45, 7) is 0.275.